The maximum Gasteiger partial charge on any atom is 0.416 e. The SMILES string of the molecule is COc1cc(/C=C(/C#N)c2cccc(C(F)(F)F)c2)c(Br)c(Br)c1OCc1ccc(Cl)c(Cl)c1. The molecule has 3 aromatic rings. The van der Waals surface area contributed by atoms with Crippen LogP contribution in [0.2, 0.25) is 10.0 Å². The monoisotopic (exact) mass is 633 g/mol. The lowest BCUT2D eigenvalue weighted by Gasteiger charge is -2.16. The summed E-state index contributed by atoms with van der Waals surface area (Å²) in [5, 5.41) is 10.5. The molecule has 0 N–H and O–H groups in total. The number of hydrogen-bond acceptors (Lipinski definition) is 3. The standard InChI is InChI=1S/C24H14Br2Cl2F3NO2/c1-33-20-10-15(8-16(11-32)14-3-2-4-17(9-14)24(29,30)31)21(25)22(26)23(20)34-12-13-5-6-18(27)19(28)7-13/h2-10H,12H2,1H3/b16-8-. The Balaban J connectivity index is 1.98. The number of hydrogen-bond donors (Lipinski definition) is 0. The van der Waals surface area contributed by atoms with E-state index in [1.54, 1.807) is 24.3 Å². The Labute approximate surface area is 221 Å². The minimum Gasteiger partial charge on any atom is -0.493 e. The Morgan fingerprint density at radius 2 is 1.79 bits per heavy atom. The molecule has 10 heteroatoms. The molecule has 0 spiro atoms. The van der Waals surface area contributed by atoms with E-state index in [9.17, 15) is 18.4 Å². The van der Waals surface area contributed by atoms with Crippen LogP contribution in [0.1, 0.15) is 22.3 Å². The van der Waals surface area contributed by atoms with Crippen molar-refractivity contribution in [3.63, 3.8) is 0 Å². The second-order valence-electron chi connectivity index (χ2n) is 6.91. The van der Waals surface area contributed by atoms with Gasteiger partial charge in [-0.1, -0.05) is 41.4 Å². The summed E-state index contributed by atoms with van der Waals surface area (Å²) in [6.45, 7) is 0.168. The molecule has 0 aliphatic heterocycles. The maximum atomic E-state index is 13.1. The molecule has 3 rings (SSSR count). The highest BCUT2D eigenvalue weighted by atomic mass is 79.9. The number of alkyl halides is 3. The van der Waals surface area contributed by atoms with Crippen LogP contribution in [0.5, 0.6) is 11.5 Å². The van der Waals surface area contributed by atoms with E-state index in [4.69, 9.17) is 32.7 Å². The molecule has 0 unspecified atom stereocenters. The van der Waals surface area contributed by atoms with Crippen molar-refractivity contribution in [3.8, 4) is 17.6 Å². The first-order valence-corrected chi connectivity index (χ1v) is 11.8. The molecule has 0 aliphatic carbocycles. The number of benzene rings is 3. The molecular weight excluding hydrogens is 622 g/mol. The zero-order chi connectivity index (χ0) is 25.0. The Hall–Kier alpha value is -2.18. The molecule has 0 saturated heterocycles. The number of allylic oxidation sites excluding steroid dienone is 1. The number of ether oxygens (including phenoxy) is 2. The summed E-state index contributed by atoms with van der Waals surface area (Å²) in [7, 11) is 1.45. The normalized spacial score (nSPS) is 11.8. The lowest BCUT2D eigenvalue weighted by Crippen LogP contribution is -2.05. The third-order valence-corrected chi connectivity index (χ3v) is 7.55. The maximum absolute atomic E-state index is 13.1. The van der Waals surface area contributed by atoms with E-state index in [1.807, 2.05) is 6.07 Å². The van der Waals surface area contributed by atoms with Crippen molar-refractivity contribution in [3.05, 3.63) is 89.8 Å². The molecule has 176 valence electrons. The summed E-state index contributed by atoms with van der Waals surface area (Å²) in [5.74, 6) is 0.734. The third-order valence-electron chi connectivity index (χ3n) is 4.66. The molecular formula is C24H14Br2Cl2F3NO2. The van der Waals surface area contributed by atoms with E-state index >= 15 is 0 Å². The van der Waals surface area contributed by atoms with Crippen molar-refractivity contribution in [2.45, 2.75) is 12.8 Å². The molecule has 0 fully saturated rings. The Bertz CT molecular complexity index is 1300. The van der Waals surface area contributed by atoms with Crippen LogP contribution in [0.4, 0.5) is 13.2 Å². The van der Waals surface area contributed by atoms with Gasteiger partial charge in [0, 0.05) is 4.47 Å². The van der Waals surface area contributed by atoms with E-state index in [0.29, 0.717) is 36.1 Å². The smallest absolute Gasteiger partial charge is 0.416 e. The van der Waals surface area contributed by atoms with Crippen LogP contribution in [-0.4, -0.2) is 7.11 Å². The topological polar surface area (TPSA) is 42.2 Å². The number of nitriles is 1. The third kappa shape index (κ3) is 6.08. The summed E-state index contributed by atoms with van der Waals surface area (Å²) in [5.41, 5.74) is 0.624. The van der Waals surface area contributed by atoms with E-state index in [0.717, 1.165) is 17.7 Å². The minimum absolute atomic E-state index is 0.0465. The largest absolute Gasteiger partial charge is 0.493 e. The van der Waals surface area contributed by atoms with Gasteiger partial charge in [0.1, 0.15) is 6.61 Å². The van der Waals surface area contributed by atoms with Gasteiger partial charge in [0.05, 0.1) is 38.8 Å². The molecule has 0 amide bonds. The van der Waals surface area contributed by atoms with Crippen LogP contribution >= 0.6 is 55.1 Å². The molecule has 3 nitrogen and oxygen atoms in total. The average molecular weight is 636 g/mol. The van der Waals surface area contributed by atoms with Crippen molar-refractivity contribution in [2.24, 2.45) is 0 Å². The van der Waals surface area contributed by atoms with Crippen molar-refractivity contribution in [2.75, 3.05) is 7.11 Å². The molecule has 0 aromatic heterocycles. The highest BCUT2D eigenvalue weighted by molar-refractivity contribution is 9.13. The fraction of sp³-hybridized carbons (Fsp3) is 0.125. The van der Waals surface area contributed by atoms with Gasteiger partial charge in [-0.2, -0.15) is 18.4 Å². The van der Waals surface area contributed by atoms with E-state index in [1.165, 1.54) is 25.3 Å². The highest BCUT2D eigenvalue weighted by Crippen LogP contribution is 2.44. The average Bonchev–Trinajstić information content (AvgIpc) is 2.81. The lowest BCUT2D eigenvalue weighted by atomic mass is 10.0. The van der Waals surface area contributed by atoms with Gasteiger partial charge in [-0.15, -0.1) is 0 Å². The minimum atomic E-state index is -4.52. The fourth-order valence-corrected chi connectivity index (χ4v) is 4.25. The molecule has 3 aromatic carbocycles. The molecule has 0 heterocycles. The van der Waals surface area contributed by atoms with Crippen molar-refractivity contribution in [1.29, 1.82) is 5.26 Å². The molecule has 0 saturated carbocycles. The first-order chi connectivity index (χ1) is 16.0. The van der Waals surface area contributed by atoms with Crippen LogP contribution < -0.4 is 9.47 Å². The van der Waals surface area contributed by atoms with Crippen LogP contribution in [0.3, 0.4) is 0 Å². The summed E-state index contributed by atoms with van der Waals surface area (Å²) in [6.07, 6.45) is -3.05. The summed E-state index contributed by atoms with van der Waals surface area (Å²) in [6, 6.07) is 13.3. The van der Waals surface area contributed by atoms with Crippen LogP contribution in [0.25, 0.3) is 11.6 Å². The molecule has 0 bridgehead atoms. The van der Waals surface area contributed by atoms with Crippen molar-refractivity contribution >= 4 is 66.7 Å². The number of rotatable bonds is 6. The quantitative estimate of drug-likeness (QED) is 0.200. The molecule has 0 radical (unpaired) electrons. The number of halogens is 7. The summed E-state index contributed by atoms with van der Waals surface area (Å²) in [4.78, 5) is 0. The zero-order valence-corrected chi connectivity index (χ0v) is 22.0. The first kappa shape index (κ1) is 26.4. The van der Waals surface area contributed by atoms with Gasteiger partial charge in [-0.25, -0.2) is 0 Å². The zero-order valence-electron chi connectivity index (χ0n) is 17.3. The Morgan fingerprint density at radius 1 is 1.06 bits per heavy atom. The summed E-state index contributed by atoms with van der Waals surface area (Å²) >= 11 is 18.9. The predicted molar refractivity (Wildman–Crippen MR) is 134 cm³/mol. The van der Waals surface area contributed by atoms with Gasteiger partial charge in [-0.05, 0) is 85.0 Å². The Kier molecular flexibility index (Phi) is 8.58. The van der Waals surface area contributed by atoms with Gasteiger partial charge in [0.2, 0.25) is 0 Å². The van der Waals surface area contributed by atoms with E-state index in [2.05, 4.69) is 31.9 Å². The molecule has 0 atom stereocenters. The second-order valence-corrected chi connectivity index (χ2v) is 9.31. The highest BCUT2D eigenvalue weighted by Gasteiger charge is 2.30. The Morgan fingerprint density at radius 3 is 2.41 bits per heavy atom. The second kappa shape index (κ2) is 11.0. The lowest BCUT2D eigenvalue weighted by molar-refractivity contribution is -0.137. The van der Waals surface area contributed by atoms with Crippen LogP contribution in [0.15, 0.2) is 57.5 Å². The van der Waals surface area contributed by atoms with Crippen LogP contribution in [0, 0.1) is 11.3 Å². The molecule has 34 heavy (non-hydrogen) atoms. The van der Waals surface area contributed by atoms with E-state index in [-0.39, 0.29) is 17.7 Å². The fourth-order valence-electron chi connectivity index (χ4n) is 2.98. The predicted octanol–water partition coefficient (Wildman–Crippen LogP) is 9.19. The summed E-state index contributed by atoms with van der Waals surface area (Å²) < 4.78 is 51.7. The van der Waals surface area contributed by atoms with Gasteiger partial charge >= 0.3 is 6.18 Å². The number of methoxy groups -OCH3 is 1. The van der Waals surface area contributed by atoms with Gasteiger partial charge in [0.25, 0.3) is 0 Å². The van der Waals surface area contributed by atoms with Gasteiger partial charge in [0.15, 0.2) is 11.5 Å². The number of nitrogens with zero attached hydrogens (tertiary/aromatic N) is 1. The van der Waals surface area contributed by atoms with Crippen molar-refractivity contribution in [1.82, 2.24) is 0 Å². The first-order valence-electron chi connectivity index (χ1n) is 9.47. The van der Waals surface area contributed by atoms with E-state index < -0.39 is 11.7 Å². The molecule has 0 aliphatic rings. The van der Waals surface area contributed by atoms with Crippen LogP contribution in [-0.2, 0) is 12.8 Å². The van der Waals surface area contributed by atoms with Gasteiger partial charge < -0.3 is 9.47 Å². The van der Waals surface area contributed by atoms with Crippen molar-refractivity contribution < 1.29 is 22.6 Å². The van der Waals surface area contributed by atoms with Gasteiger partial charge in [-0.3, -0.25) is 0 Å².